The van der Waals surface area contributed by atoms with Crippen LogP contribution in [0.15, 0.2) is 86.2 Å². The lowest BCUT2D eigenvalue weighted by molar-refractivity contribution is -0.135. The van der Waals surface area contributed by atoms with E-state index in [9.17, 15) is 14.4 Å². The fourth-order valence-corrected chi connectivity index (χ4v) is 7.83. The third-order valence-corrected chi connectivity index (χ3v) is 11.2. The number of rotatable bonds is 18. The number of carbonyl (C=O) groups is 3. The highest BCUT2D eigenvalue weighted by Gasteiger charge is 2.38. The Bertz CT molecular complexity index is 2020. The second-order valence-electron chi connectivity index (χ2n) is 16.1. The Hall–Kier alpha value is -5.69. The van der Waals surface area contributed by atoms with Crippen LogP contribution >= 0.6 is 0 Å². The van der Waals surface area contributed by atoms with E-state index in [4.69, 9.17) is 19.4 Å². The number of likely N-dealkylation sites (tertiary alicyclic amines) is 2. The standard InChI is InChI=1S/C46H60N8O5/c1-7-9-23-47-45(56)59-40(30(3)4)29-53-24-11-13-38(53)42-48-27-36(50-42)34-19-15-32(16-20-34)33-17-21-35(22-18-33)37-28-49-43(51-37)39-14-12-25-54(39)44(55)41(31(5)6)52-46(57)58-26-10-8-2/h7-8,15-22,27-28,30-31,38-41H,1-2,9-14,23-26,29H2,3-6H3,(H,47,56)(H,48,50)(H,49,51)(H,52,57)/t38-,39?,40+,41-/m0/s1. The molecule has 2 aliphatic rings. The molecule has 0 aliphatic carbocycles. The Balaban J connectivity index is 1.06. The molecule has 314 valence electrons. The summed E-state index contributed by atoms with van der Waals surface area (Å²) in [4.78, 5) is 59.3. The van der Waals surface area contributed by atoms with E-state index >= 15 is 0 Å². The minimum Gasteiger partial charge on any atom is -0.449 e. The monoisotopic (exact) mass is 804 g/mol. The van der Waals surface area contributed by atoms with Gasteiger partial charge in [0.1, 0.15) is 23.8 Å². The van der Waals surface area contributed by atoms with Crippen molar-refractivity contribution in [1.29, 1.82) is 0 Å². The summed E-state index contributed by atoms with van der Waals surface area (Å²) >= 11 is 0. The Labute approximate surface area is 348 Å². The maximum absolute atomic E-state index is 13.7. The van der Waals surface area contributed by atoms with E-state index in [1.165, 1.54) is 0 Å². The number of benzene rings is 2. The zero-order valence-corrected chi connectivity index (χ0v) is 34.9. The molecule has 1 unspecified atom stereocenters. The summed E-state index contributed by atoms with van der Waals surface area (Å²) in [7, 11) is 0. The Morgan fingerprint density at radius 3 is 1.92 bits per heavy atom. The molecule has 2 aliphatic heterocycles. The van der Waals surface area contributed by atoms with Crippen molar-refractivity contribution in [3.8, 4) is 33.6 Å². The van der Waals surface area contributed by atoms with E-state index in [1.54, 1.807) is 12.2 Å². The number of aromatic nitrogens is 4. The van der Waals surface area contributed by atoms with Gasteiger partial charge in [0.15, 0.2) is 0 Å². The van der Waals surface area contributed by atoms with Crippen LogP contribution in [0.25, 0.3) is 33.6 Å². The minimum atomic E-state index is -0.702. The smallest absolute Gasteiger partial charge is 0.407 e. The van der Waals surface area contributed by atoms with Crippen molar-refractivity contribution in [2.24, 2.45) is 11.8 Å². The summed E-state index contributed by atoms with van der Waals surface area (Å²) in [6.45, 7) is 18.3. The van der Waals surface area contributed by atoms with Crippen molar-refractivity contribution in [1.82, 2.24) is 40.4 Å². The molecule has 4 aromatic rings. The molecule has 0 spiro atoms. The van der Waals surface area contributed by atoms with E-state index in [0.29, 0.717) is 32.5 Å². The van der Waals surface area contributed by atoms with Gasteiger partial charge in [0.25, 0.3) is 0 Å². The summed E-state index contributed by atoms with van der Waals surface area (Å²) in [5, 5.41) is 5.59. The van der Waals surface area contributed by atoms with Crippen LogP contribution in [-0.2, 0) is 14.3 Å². The first-order valence-electron chi connectivity index (χ1n) is 21.0. The molecule has 13 heteroatoms. The van der Waals surface area contributed by atoms with E-state index in [-0.39, 0.29) is 48.6 Å². The maximum atomic E-state index is 13.7. The number of ether oxygens (including phenoxy) is 2. The number of H-pyrrole nitrogens is 2. The predicted molar refractivity (Wildman–Crippen MR) is 230 cm³/mol. The average Bonchev–Trinajstić information content (AvgIpc) is 4.07. The molecule has 2 fully saturated rings. The molecule has 2 saturated heterocycles. The van der Waals surface area contributed by atoms with Crippen LogP contribution in [0.4, 0.5) is 9.59 Å². The van der Waals surface area contributed by atoms with Crippen LogP contribution in [0.5, 0.6) is 0 Å². The van der Waals surface area contributed by atoms with Gasteiger partial charge in [0.2, 0.25) is 5.91 Å². The molecule has 4 N–H and O–H groups in total. The molecule has 4 atom stereocenters. The highest BCUT2D eigenvalue weighted by atomic mass is 16.6. The first kappa shape index (κ1) is 42.9. The zero-order valence-electron chi connectivity index (χ0n) is 34.9. The van der Waals surface area contributed by atoms with Gasteiger partial charge in [0.05, 0.1) is 42.5 Å². The van der Waals surface area contributed by atoms with E-state index in [2.05, 4.69) is 101 Å². The molecule has 0 saturated carbocycles. The largest absolute Gasteiger partial charge is 0.449 e. The van der Waals surface area contributed by atoms with Gasteiger partial charge in [-0.05, 0) is 79.2 Å². The quantitative estimate of drug-likeness (QED) is 0.0576. The molecule has 2 aromatic carbocycles. The van der Waals surface area contributed by atoms with Gasteiger partial charge in [-0.1, -0.05) is 88.4 Å². The van der Waals surface area contributed by atoms with Gasteiger partial charge in [0, 0.05) is 19.6 Å². The topological polar surface area (TPSA) is 158 Å². The normalized spacial score (nSPS) is 17.8. The van der Waals surface area contributed by atoms with Gasteiger partial charge in [-0.2, -0.15) is 0 Å². The third-order valence-electron chi connectivity index (χ3n) is 11.2. The number of amides is 3. The van der Waals surface area contributed by atoms with Crippen molar-refractivity contribution in [3.05, 3.63) is 97.9 Å². The van der Waals surface area contributed by atoms with Crippen molar-refractivity contribution < 1.29 is 23.9 Å². The first-order valence-corrected chi connectivity index (χ1v) is 21.0. The number of nitrogens with one attached hydrogen (secondary N) is 4. The van der Waals surface area contributed by atoms with Crippen molar-refractivity contribution >= 4 is 18.1 Å². The molecule has 59 heavy (non-hydrogen) atoms. The average molecular weight is 805 g/mol. The van der Waals surface area contributed by atoms with Crippen LogP contribution in [0.3, 0.4) is 0 Å². The second-order valence-corrected chi connectivity index (χ2v) is 16.1. The Kier molecular flexibility index (Phi) is 14.8. The number of nitrogens with zero attached hydrogens (tertiary/aromatic N) is 4. The summed E-state index contributed by atoms with van der Waals surface area (Å²) < 4.78 is 11.1. The number of hydrogen-bond acceptors (Lipinski definition) is 8. The van der Waals surface area contributed by atoms with Crippen LogP contribution in [-0.4, -0.2) is 92.8 Å². The van der Waals surface area contributed by atoms with Gasteiger partial charge in [-0.3, -0.25) is 9.69 Å². The zero-order chi connectivity index (χ0) is 41.9. The second kappa shape index (κ2) is 20.3. The number of aromatic amines is 2. The lowest BCUT2D eigenvalue weighted by Crippen LogP contribution is -2.51. The summed E-state index contributed by atoms with van der Waals surface area (Å²) in [5.74, 6) is 1.59. The van der Waals surface area contributed by atoms with Gasteiger partial charge in [-0.15, -0.1) is 13.2 Å². The highest BCUT2D eigenvalue weighted by Crippen LogP contribution is 2.35. The predicted octanol–water partition coefficient (Wildman–Crippen LogP) is 8.59. The Morgan fingerprint density at radius 1 is 0.780 bits per heavy atom. The van der Waals surface area contributed by atoms with Crippen molar-refractivity contribution in [3.63, 3.8) is 0 Å². The fraction of sp³-hybridized carbons (Fsp3) is 0.457. The fourth-order valence-electron chi connectivity index (χ4n) is 7.83. The molecular formula is C46H60N8O5. The van der Waals surface area contributed by atoms with Gasteiger partial charge >= 0.3 is 12.2 Å². The molecule has 4 heterocycles. The number of alkyl carbamates (subject to hydrolysis) is 2. The van der Waals surface area contributed by atoms with Crippen LogP contribution in [0.2, 0.25) is 0 Å². The summed E-state index contributed by atoms with van der Waals surface area (Å²) in [6, 6.07) is 16.1. The molecule has 0 bridgehead atoms. The lowest BCUT2D eigenvalue weighted by Gasteiger charge is -2.30. The third kappa shape index (κ3) is 10.9. The van der Waals surface area contributed by atoms with Crippen molar-refractivity contribution in [2.75, 3.05) is 32.8 Å². The van der Waals surface area contributed by atoms with Crippen LogP contribution < -0.4 is 10.6 Å². The highest BCUT2D eigenvalue weighted by molar-refractivity contribution is 5.86. The molecule has 6 rings (SSSR count). The summed E-state index contributed by atoms with van der Waals surface area (Å²) in [6.07, 6.45) is 10.9. The van der Waals surface area contributed by atoms with Crippen LogP contribution in [0.1, 0.15) is 90.0 Å². The number of carbonyl (C=O) groups excluding carboxylic acids is 3. The van der Waals surface area contributed by atoms with E-state index in [1.807, 2.05) is 31.1 Å². The van der Waals surface area contributed by atoms with Crippen LogP contribution in [0, 0.1) is 11.8 Å². The van der Waals surface area contributed by atoms with Gasteiger partial charge in [-0.25, -0.2) is 19.6 Å². The van der Waals surface area contributed by atoms with E-state index < -0.39 is 12.1 Å². The number of imidazole rings is 2. The SMILES string of the molecule is C=CCCNC(=O)O[C@H](CN1CCC[C@H]1c1ncc(-c2ccc(-c3ccc(-c4cnc(C5CCCN5C(=O)[C@@H](NC(=O)OCCC=C)C(C)C)[nH]4)cc3)cc2)[nH]1)C(C)C. The van der Waals surface area contributed by atoms with Gasteiger partial charge < -0.3 is 35.0 Å². The van der Waals surface area contributed by atoms with E-state index in [0.717, 1.165) is 77.5 Å². The molecule has 13 nitrogen and oxygen atoms in total. The summed E-state index contributed by atoms with van der Waals surface area (Å²) in [5.41, 5.74) is 6.06. The molecule has 0 radical (unpaired) electrons. The maximum Gasteiger partial charge on any atom is 0.407 e. The number of hydrogen-bond donors (Lipinski definition) is 4. The minimum absolute atomic E-state index is 0.116. The first-order chi connectivity index (χ1) is 28.6. The molecular weight excluding hydrogens is 745 g/mol. The molecule has 2 aromatic heterocycles. The lowest BCUT2D eigenvalue weighted by atomic mass is 10.0. The Morgan fingerprint density at radius 2 is 1.34 bits per heavy atom. The van der Waals surface area contributed by atoms with Crippen molar-refractivity contribution in [2.45, 2.75) is 90.4 Å². The molecule has 3 amide bonds.